The summed E-state index contributed by atoms with van der Waals surface area (Å²) in [7, 11) is 0. The standard InChI is InChI=1S/C32H54O5/c1-20(33)37-25-14-17-29(6)23(28(25,4)5)13-18-30(7)24(29)12-11-21-26(22(34)19-31(21,30)8)32(9,36)16-10-15-27(2,3)35/h10,15,21-26,34-36H,11-14,16-19H2,1-9H3/b15-10+/t21-,22+,23+,24-,25+,26-,29+,30-,31-,32+/m1/s1. The van der Waals surface area contributed by atoms with Gasteiger partial charge in [-0.3, -0.25) is 4.79 Å². The second-order valence-electron chi connectivity index (χ2n) is 15.5. The predicted octanol–water partition coefficient (Wildman–Crippen LogP) is 6.04. The largest absolute Gasteiger partial charge is 0.462 e. The molecule has 0 bridgehead atoms. The Morgan fingerprint density at radius 1 is 0.946 bits per heavy atom. The molecule has 4 aliphatic rings. The van der Waals surface area contributed by atoms with Crippen molar-refractivity contribution in [3.63, 3.8) is 0 Å². The van der Waals surface area contributed by atoms with Gasteiger partial charge in [-0.05, 0) is 106 Å². The van der Waals surface area contributed by atoms with E-state index in [1.807, 2.05) is 13.0 Å². The molecule has 0 spiro atoms. The maximum atomic E-state index is 11.9. The van der Waals surface area contributed by atoms with E-state index < -0.39 is 17.3 Å². The van der Waals surface area contributed by atoms with Crippen LogP contribution >= 0.6 is 0 Å². The molecule has 0 radical (unpaired) electrons. The molecule has 0 aliphatic heterocycles. The van der Waals surface area contributed by atoms with Gasteiger partial charge in [-0.1, -0.05) is 46.8 Å². The van der Waals surface area contributed by atoms with Gasteiger partial charge in [0.2, 0.25) is 0 Å². The molecular weight excluding hydrogens is 464 g/mol. The minimum Gasteiger partial charge on any atom is -0.462 e. The maximum absolute atomic E-state index is 11.9. The monoisotopic (exact) mass is 518 g/mol. The van der Waals surface area contributed by atoms with Gasteiger partial charge in [0, 0.05) is 18.3 Å². The minimum absolute atomic E-state index is 0.0240. The molecule has 0 aromatic heterocycles. The van der Waals surface area contributed by atoms with Crippen molar-refractivity contribution in [2.75, 3.05) is 0 Å². The third kappa shape index (κ3) is 4.53. The lowest BCUT2D eigenvalue weighted by molar-refractivity contribution is -0.229. The highest BCUT2D eigenvalue weighted by molar-refractivity contribution is 5.66. The minimum atomic E-state index is -1.03. The maximum Gasteiger partial charge on any atom is 0.302 e. The van der Waals surface area contributed by atoms with Gasteiger partial charge in [-0.25, -0.2) is 0 Å². The Hall–Kier alpha value is -0.910. The van der Waals surface area contributed by atoms with Gasteiger partial charge in [0.25, 0.3) is 0 Å². The Labute approximate surface area is 225 Å². The van der Waals surface area contributed by atoms with Crippen LogP contribution in [0.2, 0.25) is 0 Å². The van der Waals surface area contributed by atoms with Gasteiger partial charge in [0.15, 0.2) is 0 Å². The highest BCUT2D eigenvalue weighted by Crippen LogP contribution is 2.75. The zero-order chi connectivity index (χ0) is 27.8. The number of aliphatic hydroxyl groups excluding tert-OH is 1. The van der Waals surface area contributed by atoms with Crippen LogP contribution in [0.3, 0.4) is 0 Å². The molecule has 0 aromatic rings. The van der Waals surface area contributed by atoms with Crippen LogP contribution in [0.15, 0.2) is 12.2 Å². The molecule has 0 aromatic carbocycles. The van der Waals surface area contributed by atoms with E-state index >= 15 is 0 Å². The van der Waals surface area contributed by atoms with Crippen molar-refractivity contribution in [3.8, 4) is 0 Å². The Morgan fingerprint density at radius 2 is 1.59 bits per heavy atom. The van der Waals surface area contributed by atoms with E-state index in [0.717, 1.165) is 44.9 Å². The summed E-state index contributed by atoms with van der Waals surface area (Å²) in [5.74, 6) is 0.950. The van der Waals surface area contributed by atoms with Crippen LogP contribution in [-0.4, -0.2) is 44.7 Å². The predicted molar refractivity (Wildman–Crippen MR) is 147 cm³/mol. The number of ether oxygens (including phenoxy) is 1. The average molecular weight is 519 g/mol. The molecule has 0 saturated heterocycles. The van der Waals surface area contributed by atoms with Crippen molar-refractivity contribution in [2.24, 2.45) is 45.3 Å². The number of fused-ring (bicyclic) bond motifs is 5. The Balaban J connectivity index is 1.63. The lowest BCUT2D eigenvalue weighted by Crippen LogP contribution is -2.64. The Bertz CT molecular complexity index is 915. The normalized spacial score (nSPS) is 47.0. The first-order valence-corrected chi connectivity index (χ1v) is 14.8. The first kappa shape index (κ1) is 29.1. The van der Waals surface area contributed by atoms with E-state index in [2.05, 4.69) is 34.6 Å². The number of rotatable bonds is 5. The molecule has 4 rings (SSSR count). The van der Waals surface area contributed by atoms with E-state index in [4.69, 9.17) is 4.74 Å². The van der Waals surface area contributed by atoms with Crippen molar-refractivity contribution in [2.45, 2.75) is 137 Å². The van der Waals surface area contributed by atoms with Crippen molar-refractivity contribution in [1.29, 1.82) is 0 Å². The lowest BCUT2D eigenvalue weighted by Gasteiger charge is -2.70. The van der Waals surface area contributed by atoms with Crippen molar-refractivity contribution in [1.82, 2.24) is 0 Å². The molecule has 0 unspecified atom stereocenters. The van der Waals surface area contributed by atoms with Crippen LogP contribution in [0.25, 0.3) is 0 Å². The second kappa shape index (κ2) is 9.06. The van der Waals surface area contributed by atoms with Crippen LogP contribution in [0.1, 0.15) is 114 Å². The summed E-state index contributed by atoms with van der Waals surface area (Å²) < 4.78 is 5.85. The quantitative estimate of drug-likeness (QED) is 0.305. The van der Waals surface area contributed by atoms with E-state index in [0.29, 0.717) is 18.3 Å². The summed E-state index contributed by atoms with van der Waals surface area (Å²) in [4.78, 5) is 11.9. The van der Waals surface area contributed by atoms with Crippen molar-refractivity contribution < 1.29 is 24.9 Å². The van der Waals surface area contributed by atoms with Gasteiger partial charge in [0.1, 0.15) is 6.10 Å². The van der Waals surface area contributed by atoms with Crippen LogP contribution < -0.4 is 0 Å². The summed E-state index contributed by atoms with van der Waals surface area (Å²) in [6.45, 7) is 18.9. The first-order chi connectivity index (χ1) is 16.8. The van der Waals surface area contributed by atoms with Gasteiger partial charge in [-0.15, -0.1) is 0 Å². The van der Waals surface area contributed by atoms with Crippen molar-refractivity contribution in [3.05, 3.63) is 12.2 Å². The summed E-state index contributed by atoms with van der Waals surface area (Å²) in [5.41, 5.74) is -1.80. The topological polar surface area (TPSA) is 87.0 Å². The van der Waals surface area contributed by atoms with Gasteiger partial charge in [0.05, 0.1) is 17.3 Å². The highest BCUT2D eigenvalue weighted by atomic mass is 16.5. The number of carbonyl (C=O) groups is 1. The van der Waals surface area contributed by atoms with Gasteiger partial charge in [-0.2, -0.15) is 0 Å². The fourth-order valence-corrected chi connectivity index (χ4v) is 10.7. The molecule has 5 nitrogen and oxygen atoms in total. The second-order valence-corrected chi connectivity index (χ2v) is 15.5. The third-order valence-corrected chi connectivity index (χ3v) is 12.4. The summed E-state index contributed by atoms with van der Waals surface area (Å²) >= 11 is 0. The molecule has 0 heterocycles. The van der Waals surface area contributed by atoms with Crippen LogP contribution in [-0.2, 0) is 9.53 Å². The zero-order valence-electron chi connectivity index (χ0n) is 24.9. The van der Waals surface area contributed by atoms with Crippen molar-refractivity contribution >= 4 is 5.97 Å². The molecule has 4 saturated carbocycles. The fraction of sp³-hybridized carbons (Fsp3) is 0.906. The number of aliphatic hydroxyl groups is 3. The third-order valence-electron chi connectivity index (χ3n) is 12.4. The molecule has 0 amide bonds. The smallest absolute Gasteiger partial charge is 0.302 e. The Kier molecular flexibility index (Phi) is 7.12. The van der Waals surface area contributed by atoms with E-state index in [1.165, 1.54) is 6.92 Å². The summed E-state index contributed by atoms with van der Waals surface area (Å²) in [5, 5.41) is 33.3. The van der Waals surface area contributed by atoms with Crippen LogP contribution in [0.5, 0.6) is 0 Å². The molecular formula is C32H54O5. The molecule has 5 heteroatoms. The van der Waals surface area contributed by atoms with E-state index in [1.54, 1.807) is 19.9 Å². The van der Waals surface area contributed by atoms with Crippen LogP contribution in [0, 0.1) is 45.3 Å². The van der Waals surface area contributed by atoms with Crippen LogP contribution in [0.4, 0.5) is 0 Å². The molecule has 37 heavy (non-hydrogen) atoms. The number of esters is 1. The lowest BCUT2D eigenvalue weighted by atomic mass is 9.35. The fourth-order valence-electron chi connectivity index (χ4n) is 10.7. The molecule has 3 N–H and O–H groups in total. The van der Waals surface area contributed by atoms with E-state index in [9.17, 15) is 20.1 Å². The zero-order valence-corrected chi connectivity index (χ0v) is 24.9. The van der Waals surface area contributed by atoms with E-state index in [-0.39, 0.29) is 45.6 Å². The SMILES string of the molecule is CC(=O)O[C@H]1CC[C@]2(C)[C@H]3CC[C@@H]4[C@@H]([C@@](C)(O)C/C=C/C(C)(C)O)[C@@H](O)C[C@@]4(C)[C@]3(C)CC[C@H]2C1(C)C. The Morgan fingerprint density at radius 3 is 2.19 bits per heavy atom. The highest BCUT2D eigenvalue weighted by Gasteiger charge is 2.71. The number of hydrogen-bond donors (Lipinski definition) is 3. The first-order valence-electron chi connectivity index (χ1n) is 14.8. The molecule has 10 atom stereocenters. The molecule has 4 aliphatic carbocycles. The average Bonchev–Trinajstić information content (AvgIpc) is 3.00. The molecule has 4 fully saturated rings. The number of hydrogen-bond acceptors (Lipinski definition) is 5. The van der Waals surface area contributed by atoms with Gasteiger partial charge < -0.3 is 20.1 Å². The molecule has 212 valence electrons. The van der Waals surface area contributed by atoms with Gasteiger partial charge >= 0.3 is 5.97 Å². The summed E-state index contributed by atoms with van der Waals surface area (Å²) in [6.07, 6.45) is 10.6. The summed E-state index contributed by atoms with van der Waals surface area (Å²) in [6, 6.07) is 0. The number of carbonyl (C=O) groups excluding carboxylic acids is 1.